The van der Waals surface area contributed by atoms with Crippen LogP contribution in [0, 0.1) is 0 Å². The van der Waals surface area contributed by atoms with Gasteiger partial charge in [0.05, 0.1) is 5.56 Å². The Morgan fingerprint density at radius 2 is 2.18 bits per heavy atom. The lowest BCUT2D eigenvalue weighted by Crippen LogP contribution is -2.44. The van der Waals surface area contributed by atoms with Gasteiger partial charge in [0.25, 0.3) is 5.91 Å². The minimum Gasteiger partial charge on any atom is -0.440 e. The fourth-order valence-corrected chi connectivity index (χ4v) is 3.95. The van der Waals surface area contributed by atoms with Gasteiger partial charge in [-0.05, 0) is 50.9 Å². The predicted molar refractivity (Wildman–Crippen MR) is 83.7 cm³/mol. The van der Waals surface area contributed by atoms with Crippen LogP contribution in [0.25, 0.3) is 11.1 Å². The maximum atomic E-state index is 11.5. The van der Waals surface area contributed by atoms with Gasteiger partial charge in [0, 0.05) is 12.0 Å². The number of amides is 1. The van der Waals surface area contributed by atoms with Crippen LogP contribution in [-0.4, -0.2) is 34.9 Å². The normalized spacial score (nSPS) is 26.0. The average molecular weight is 299 g/mol. The Bertz CT molecular complexity index is 709. The summed E-state index contributed by atoms with van der Waals surface area (Å²) in [5.41, 5.74) is 7.15. The lowest BCUT2D eigenvalue weighted by atomic mass is 9.86. The summed E-state index contributed by atoms with van der Waals surface area (Å²) in [5.74, 6) is 0.675. The number of nitrogens with two attached hydrogens (primary N) is 1. The van der Waals surface area contributed by atoms with Gasteiger partial charge in [0.15, 0.2) is 11.5 Å². The zero-order chi connectivity index (χ0) is 15.1. The topological polar surface area (TPSA) is 72.4 Å². The first-order chi connectivity index (χ1) is 10.7. The van der Waals surface area contributed by atoms with Gasteiger partial charge in [-0.25, -0.2) is 4.98 Å². The number of carbonyl (C=O) groups is 1. The molecular formula is C17H21N3O2. The third-order valence-corrected chi connectivity index (χ3v) is 5.12. The fourth-order valence-electron chi connectivity index (χ4n) is 3.95. The van der Waals surface area contributed by atoms with Crippen molar-refractivity contribution in [1.82, 2.24) is 9.88 Å². The highest BCUT2D eigenvalue weighted by Crippen LogP contribution is 2.36. The van der Waals surface area contributed by atoms with E-state index in [0.29, 0.717) is 28.6 Å². The Morgan fingerprint density at radius 1 is 1.27 bits per heavy atom. The van der Waals surface area contributed by atoms with Crippen LogP contribution in [0.1, 0.15) is 54.3 Å². The van der Waals surface area contributed by atoms with E-state index < -0.39 is 5.91 Å². The van der Waals surface area contributed by atoms with Crippen molar-refractivity contribution in [2.75, 3.05) is 13.1 Å². The first-order valence-corrected chi connectivity index (χ1v) is 8.15. The Morgan fingerprint density at radius 3 is 3.05 bits per heavy atom. The maximum Gasteiger partial charge on any atom is 0.251 e. The van der Waals surface area contributed by atoms with E-state index in [-0.39, 0.29) is 0 Å². The van der Waals surface area contributed by atoms with E-state index in [1.807, 2.05) is 6.07 Å². The van der Waals surface area contributed by atoms with E-state index in [2.05, 4.69) is 9.88 Å². The number of rotatable bonds is 2. The van der Waals surface area contributed by atoms with E-state index in [9.17, 15) is 4.79 Å². The van der Waals surface area contributed by atoms with E-state index in [1.54, 1.807) is 12.1 Å². The van der Waals surface area contributed by atoms with Crippen LogP contribution >= 0.6 is 0 Å². The molecular weight excluding hydrogens is 278 g/mol. The maximum absolute atomic E-state index is 11.5. The quantitative estimate of drug-likeness (QED) is 0.925. The number of fused-ring (bicyclic) bond motifs is 2. The van der Waals surface area contributed by atoms with E-state index in [1.165, 1.54) is 25.8 Å². The molecule has 0 spiro atoms. The van der Waals surface area contributed by atoms with Gasteiger partial charge in [0.2, 0.25) is 0 Å². The molecule has 0 aliphatic carbocycles. The molecule has 2 N–H and O–H groups in total. The van der Waals surface area contributed by atoms with Crippen molar-refractivity contribution in [3.8, 4) is 0 Å². The fraction of sp³-hybridized carbons (Fsp3) is 0.529. The molecule has 5 heteroatoms. The van der Waals surface area contributed by atoms with Crippen LogP contribution in [-0.2, 0) is 0 Å². The Balaban J connectivity index is 1.64. The second kappa shape index (κ2) is 5.39. The van der Waals surface area contributed by atoms with Crippen LogP contribution in [0.5, 0.6) is 0 Å². The summed E-state index contributed by atoms with van der Waals surface area (Å²) in [6.45, 7) is 2.35. The van der Waals surface area contributed by atoms with Gasteiger partial charge in [-0.15, -0.1) is 0 Å². The number of benzene rings is 1. The lowest BCUT2D eigenvalue weighted by Gasteiger charge is -2.41. The second-order valence-corrected chi connectivity index (χ2v) is 6.48. The standard InChI is InChI=1S/C17H21N3O2/c18-16(21)13-5-3-6-14-15(13)19-17(22-14)11-7-9-20-8-2-1-4-12(20)10-11/h3,5-6,11-12H,1-2,4,7-10H2,(H2,18,21). The van der Waals surface area contributed by atoms with E-state index in [4.69, 9.17) is 10.2 Å². The van der Waals surface area contributed by atoms with Crippen LogP contribution in [0.4, 0.5) is 0 Å². The molecule has 2 unspecified atom stereocenters. The molecule has 1 aromatic carbocycles. The number of piperidine rings is 2. The molecule has 2 saturated heterocycles. The number of para-hydroxylation sites is 1. The Kier molecular flexibility index (Phi) is 3.37. The number of oxazole rings is 1. The van der Waals surface area contributed by atoms with Gasteiger partial charge in [-0.1, -0.05) is 12.5 Å². The van der Waals surface area contributed by atoms with Gasteiger partial charge < -0.3 is 15.1 Å². The lowest BCUT2D eigenvalue weighted by molar-refractivity contribution is 0.0919. The monoisotopic (exact) mass is 299 g/mol. The minimum atomic E-state index is -0.451. The molecule has 2 aliphatic rings. The van der Waals surface area contributed by atoms with Gasteiger partial charge in [0.1, 0.15) is 5.52 Å². The second-order valence-electron chi connectivity index (χ2n) is 6.48. The molecule has 116 valence electrons. The Hall–Kier alpha value is -1.88. The number of aromatic nitrogens is 1. The van der Waals surface area contributed by atoms with Crippen LogP contribution in [0.2, 0.25) is 0 Å². The molecule has 0 bridgehead atoms. The van der Waals surface area contributed by atoms with Crippen LogP contribution in [0.3, 0.4) is 0 Å². The summed E-state index contributed by atoms with van der Waals surface area (Å²) in [7, 11) is 0. The molecule has 5 nitrogen and oxygen atoms in total. The smallest absolute Gasteiger partial charge is 0.251 e. The summed E-state index contributed by atoms with van der Waals surface area (Å²) < 4.78 is 5.94. The Labute approximate surface area is 129 Å². The third kappa shape index (κ3) is 2.29. The zero-order valence-corrected chi connectivity index (χ0v) is 12.6. The van der Waals surface area contributed by atoms with Crippen molar-refractivity contribution in [3.63, 3.8) is 0 Å². The van der Waals surface area contributed by atoms with Crippen molar-refractivity contribution >= 4 is 17.0 Å². The molecule has 1 aromatic heterocycles. The molecule has 0 radical (unpaired) electrons. The summed E-state index contributed by atoms with van der Waals surface area (Å²) >= 11 is 0. The van der Waals surface area contributed by atoms with Crippen molar-refractivity contribution < 1.29 is 9.21 Å². The van der Waals surface area contributed by atoms with Crippen molar-refractivity contribution in [2.24, 2.45) is 5.73 Å². The SMILES string of the molecule is NC(=O)c1cccc2oc(C3CCN4CCCCC4C3)nc12. The summed E-state index contributed by atoms with van der Waals surface area (Å²) in [6.07, 6.45) is 6.12. The number of primary amides is 1. The summed E-state index contributed by atoms with van der Waals surface area (Å²) in [5, 5.41) is 0. The van der Waals surface area contributed by atoms with E-state index >= 15 is 0 Å². The molecule has 2 fully saturated rings. The molecule has 22 heavy (non-hydrogen) atoms. The molecule has 1 amide bonds. The largest absolute Gasteiger partial charge is 0.440 e. The first-order valence-electron chi connectivity index (χ1n) is 8.15. The van der Waals surface area contributed by atoms with Crippen molar-refractivity contribution in [1.29, 1.82) is 0 Å². The highest BCUT2D eigenvalue weighted by Gasteiger charge is 2.33. The van der Waals surface area contributed by atoms with Gasteiger partial charge in [-0.2, -0.15) is 0 Å². The number of carbonyl (C=O) groups excluding carboxylic acids is 1. The molecule has 2 aliphatic heterocycles. The van der Waals surface area contributed by atoms with Crippen LogP contribution < -0.4 is 5.73 Å². The number of hydrogen-bond acceptors (Lipinski definition) is 4. The highest BCUT2D eigenvalue weighted by atomic mass is 16.3. The predicted octanol–water partition coefficient (Wildman–Crippen LogP) is 2.66. The number of nitrogens with zero attached hydrogens (tertiary/aromatic N) is 2. The van der Waals surface area contributed by atoms with Crippen LogP contribution in [0.15, 0.2) is 22.6 Å². The molecule has 3 heterocycles. The molecule has 2 atom stereocenters. The van der Waals surface area contributed by atoms with E-state index in [0.717, 1.165) is 25.3 Å². The summed E-state index contributed by atoms with van der Waals surface area (Å²) in [6, 6.07) is 6.02. The summed E-state index contributed by atoms with van der Waals surface area (Å²) in [4.78, 5) is 18.7. The average Bonchev–Trinajstić information content (AvgIpc) is 2.98. The van der Waals surface area contributed by atoms with Gasteiger partial charge >= 0.3 is 0 Å². The highest BCUT2D eigenvalue weighted by molar-refractivity contribution is 6.03. The third-order valence-electron chi connectivity index (χ3n) is 5.12. The van der Waals surface area contributed by atoms with Crippen molar-refractivity contribution in [2.45, 2.75) is 44.1 Å². The van der Waals surface area contributed by atoms with Crippen molar-refractivity contribution in [3.05, 3.63) is 29.7 Å². The zero-order valence-electron chi connectivity index (χ0n) is 12.6. The number of hydrogen-bond donors (Lipinski definition) is 1. The minimum absolute atomic E-state index is 0.354. The molecule has 2 aromatic rings. The van der Waals surface area contributed by atoms with Gasteiger partial charge in [-0.3, -0.25) is 4.79 Å². The molecule has 4 rings (SSSR count). The first kappa shape index (κ1) is 13.8. The molecule has 0 saturated carbocycles.